The van der Waals surface area contributed by atoms with E-state index >= 15 is 0 Å². The second kappa shape index (κ2) is 4.73. The fourth-order valence-electron chi connectivity index (χ4n) is 1.19. The third-order valence-corrected chi connectivity index (χ3v) is 1.96. The molecular formula is C9H22N2. The summed E-state index contributed by atoms with van der Waals surface area (Å²) in [6, 6.07) is 0. The van der Waals surface area contributed by atoms with Crippen molar-refractivity contribution in [1.82, 2.24) is 0 Å². The molecule has 0 amide bonds. The van der Waals surface area contributed by atoms with Crippen LogP contribution in [0.25, 0.3) is 0 Å². The minimum absolute atomic E-state index is 0.470. The van der Waals surface area contributed by atoms with E-state index < -0.39 is 5.66 Å². The minimum atomic E-state index is -0.470. The zero-order valence-electron chi connectivity index (χ0n) is 8.06. The summed E-state index contributed by atoms with van der Waals surface area (Å²) in [6.45, 7) is 6.35. The van der Waals surface area contributed by atoms with Crippen molar-refractivity contribution in [2.24, 2.45) is 17.4 Å². The van der Waals surface area contributed by atoms with Crippen LogP contribution in [0, 0.1) is 5.92 Å². The van der Waals surface area contributed by atoms with Gasteiger partial charge in [-0.3, -0.25) is 0 Å². The van der Waals surface area contributed by atoms with Gasteiger partial charge in [-0.25, -0.2) is 0 Å². The summed E-state index contributed by atoms with van der Waals surface area (Å²) < 4.78 is 0. The summed E-state index contributed by atoms with van der Waals surface area (Å²) >= 11 is 0. The molecule has 1 atom stereocenters. The lowest BCUT2D eigenvalue weighted by Gasteiger charge is -2.20. The van der Waals surface area contributed by atoms with E-state index in [0.29, 0.717) is 0 Å². The minimum Gasteiger partial charge on any atom is -0.314 e. The third kappa shape index (κ3) is 7.82. The predicted molar refractivity (Wildman–Crippen MR) is 50.1 cm³/mol. The normalized spacial score (nSPS) is 15.0. The third-order valence-electron chi connectivity index (χ3n) is 1.96. The van der Waals surface area contributed by atoms with Crippen LogP contribution in [0.2, 0.25) is 0 Å². The summed E-state index contributed by atoms with van der Waals surface area (Å²) in [5.41, 5.74) is 10.8. The van der Waals surface area contributed by atoms with Crippen molar-refractivity contribution in [3.8, 4) is 0 Å². The highest BCUT2D eigenvalue weighted by atomic mass is 14.9. The van der Waals surface area contributed by atoms with Crippen LogP contribution in [0.15, 0.2) is 0 Å². The van der Waals surface area contributed by atoms with Crippen molar-refractivity contribution in [2.45, 2.75) is 52.1 Å². The summed E-state index contributed by atoms with van der Waals surface area (Å²) in [7, 11) is 0. The number of rotatable bonds is 5. The van der Waals surface area contributed by atoms with E-state index in [-0.39, 0.29) is 0 Å². The van der Waals surface area contributed by atoms with E-state index in [1.807, 2.05) is 6.92 Å². The van der Waals surface area contributed by atoms with E-state index in [2.05, 4.69) is 13.8 Å². The molecule has 0 rings (SSSR count). The second-order valence-corrected chi connectivity index (χ2v) is 3.94. The van der Waals surface area contributed by atoms with E-state index in [1.54, 1.807) is 0 Å². The first kappa shape index (κ1) is 10.9. The highest BCUT2D eigenvalue weighted by Gasteiger charge is 2.12. The van der Waals surface area contributed by atoms with Crippen LogP contribution < -0.4 is 11.5 Å². The van der Waals surface area contributed by atoms with Gasteiger partial charge < -0.3 is 11.5 Å². The van der Waals surface area contributed by atoms with Crippen molar-refractivity contribution in [1.29, 1.82) is 0 Å². The van der Waals surface area contributed by atoms with Gasteiger partial charge in [0.15, 0.2) is 0 Å². The summed E-state index contributed by atoms with van der Waals surface area (Å²) in [6.07, 6.45) is 4.62. The second-order valence-electron chi connectivity index (χ2n) is 3.94. The van der Waals surface area contributed by atoms with Gasteiger partial charge in [0.2, 0.25) is 0 Å². The molecule has 0 aromatic rings. The van der Waals surface area contributed by atoms with Crippen LogP contribution >= 0.6 is 0 Å². The molecule has 0 spiro atoms. The average Bonchev–Trinajstić information content (AvgIpc) is 1.83. The van der Waals surface area contributed by atoms with Crippen molar-refractivity contribution in [3.63, 3.8) is 0 Å². The summed E-state index contributed by atoms with van der Waals surface area (Å²) in [4.78, 5) is 0. The van der Waals surface area contributed by atoms with E-state index in [1.165, 1.54) is 12.8 Å². The molecular weight excluding hydrogens is 136 g/mol. The topological polar surface area (TPSA) is 52.0 Å². The Kier molecular flexibility index (Phi) is 4.69. The fraction of sp³-hybridized carbons (Fsp3) is 1.00. The molecule has 0 bridgehead atoms. The van der Waals surface area contributed by atoms with Gasteiger partial charge in [-0.1, -0.05) is 26.7 Å². The first-order valence-electron chi connectivity index (χ1n) is 4.53. The van der Waals surface area contributed by atoms with E-state index in [0.717, 1.165) is 18.8 Å². The van der Waals surface area contributed by atoms with Crippen molar-refractivity contribution < 1.29 is 0 Å². The Morgan fingerprint density at radius 1 is 1.27 bits per heavy atom. The Labute approximate surface area is 70.3 Å². The molecule has 0 aliphatic heterocycles. The molecule has 0 aliphatic carbocycles. The lowest BCUT2D eigenvalue weighted by Crippen LogP contribution is -2.46. The molecule has 11 heavy (non-hydrogen) atoms. The monoisotopic (exact) mass is 158 g/mol. The number of hydrogen-bond donors (Lipinski definition) is 2. The quantitative estimate of drug-likeness (QED) is 0.600. The highest BCUT2D eigenvalue weighted by Crippen LogP contribution is 2.14. The van der Waals surface area contributed by atoms with Gasteiger partial charge in [0.1, 0.15) is 0 Å². The van der Waals surface area contributed by atoms with Gasteiger partial charge in [0.25, 0.3) is 0 Å². The molecule has 0 aromatic carbocycles. The summed E-state index contributed by atoms with van der Waals surface area (Å²) in [5, 5.41) is 0. The molecule has 0 saturated carbocycles. The van der Waals surface area contributed by atoms with E-state index in [4.69, 9.17) is 11.5 Å². The van der Waals surface area contributed by atoms with Crippen LogP contribution in [-0.4, -0.2) is 5.66 Å². The maximum Gasteiger partial charge on any atom is 0.0607 e. The smallest absolute Gasteiger partial charge is 0.0607 e. The molecule has 68 valence electrons. The van der Waals surface area contributed by atoms with Crippen molar-refractivity contribution >= 4 is 0 Å². The highest BCUT2D eigenvalue weighted by molar-refractivity contribution is 4.70. The van der Waals surface area contributed by atoms with Crippen LogP contribution in [0.4, 0.5) is 0 Å². The first-order chi connectivity index (χ1) is 4.95. The maximum atomic E-state index is 5.66. The standard InChI is InChI=1S/C9H22N2/c1-4-5-8(2)6-7-9(3,10)11/h8H,4-7,10-11H2,1-3H3. The Bertz CT molecular complexity index is 94.2. The molecule has 0 aromatic heterocycles. The fourth-order valence-corrected chi connectivity index (χ4v) is 1.19. The Balaban J connectivity index is 3.38. The van der Waals surface area contributed by atoms with Crippen LogP contribution in [0.1, 0.15) is 46.5 Å². The molecule has 2 heteroatoms. The lowest BCUT2D eigenvalue weighted by molar-refractivity contribution is 0.372. The van der Waals surface area contributed by atoms with Gasteiger partial charge in [-0.15, -0.1) is 0 Å². The van der Waals surface area contributed by atoms with Crippen LogP contribution in [-0.2, 0) is 0 Å². The van der Waals surface area contributed by atoms with Crippen LogP contribution in [0.3, 0.4) is 0 Å². The Hall–Kier alpha value is -0.0800. The van der Waals surface area contributed by atoms with Gasteiger partial charge in [-0.05, 0) is 25.7 Å². The average molecular weight is 158 g/mol. The van der Waals surface area contributed by atoms with Gasteiger partial charge in [-0.2, -0.15) is 0 Å². The number of nitrogens with two attached hydrogens (primary N) is 2. The largest absolute Gasteiger partial charge is 0.314 e. The molecule has 0 heterocycles. The maximum absolute atomic E-state index is 5.66. The molecule has 0 saturated heterocycles. The van der Waals surface area contributed by atoms with Crippen LogP contribution in [0.5, 0.6) is 0 Å². The summed E-state index contributed by atoms with van der Waals surface area (Å²) in [5.74, 6) is 0.770. The molecule has 0 aliphatic rings. The Morgan fingerprint density at radius 3 is 2.18 bits per heavy atom. The van der Waals surface area contributed by atoms with Gasteiger partial charge in [0, 0.05) is 0 Å². The van der Waals surface area contributed by atoms with Gasteiger partial charge >= 0.3 is 0 Å². The molecule has 1 unspecified atom stereocenters. The van der Waals surface area contributed by atoms with Crippen molar-refractivity contribution in [2.75, 3.05) is 0 Å². The lowest BCUT2D eigenvalue weighted by atomic mass is 9.96. The van der Waals surface area contributed by atoms with Gasteiger partial charge in [0.05, 0.1) is 5.66 Å². The zero-order valence-corrected chi connectivity index (χ0v) is 8.06. The molecule has 0 radical (unpaired) electrons. The SMILES string of the molecule is CCCC(C)CCC(C)(N)N. The first-order valence-corrected chi connectivity index (χ1v) is 4.53. The molecule has 0 fully saturated rings. The molecule has 4 N–H and O–H groups in total. The zero-order chi connectivity index (χ0) is 8.91. The molecule has 2 nitrogen and oxygen atoms in total. The van der Waals surface area contributed by atoms with Crippen molar-refractivity contribution in [3.05, 3.63) is 0 Å². The Morgan fingerprint density at radius 2 is 1.82 bits per heavy atom. The number of hydrogen-bond acceptors (Lipinski definition) is 2. The van der Waals surface area contributed by atoms with E-state index in [9.17, 15) is 0 Å². The predicted octanol–water partition coefficient (Wildman–Crippen LogP) is 1.84.